The molecule has 0 bridgehead atoms. The van der Waals surface area contributed by atoms with Crippen LogP contribution in [0.2, 0.25) is 0 Å². The average molecular weight is 228 g/mol. The van der Waals surface area contributed by atoms with Gasteiger partial charge in [0.1, 0.15) is 6.29 Å². The van der Waals surface area contributed by atoms with Crippen molar-refractivity contribution in [3.05, 3.63) is 28.2 Å². The van der Waals surface area contributed by atoms with Crippen molar-refractivity contribution in [3.8, 4) is 0 Å². The van der Waals surface area contributed by atoms with E-state index in [0.717, 1.165) is 16.3 Å². The first-order valence-electron chi connectivity index (χ1n) is 3.65. The number of aldehydes is 1. The van der Waals surface area contributed by atoms with Crippen LogP contribution in [0.5, 0.6) is 0 Å². The molecule has 1 aromatic carbocycles. The maximum atomic E-state index is 10.5. The van der Waals surface area contributed by atoms with E-state index in [-0.39, 0.29) is 5.92 Å². The second-order valence-corrected chi connectivity index (χ2v) is 3.56. The second kappa shape index (κ2) is 3.72. The molecule has 0 heterocycles. The van der Waals surface area contributed by atoms with Crippen molar-refractivity contribution in [1.29, 1.82) is 0 Å². The summed E-state index contributed by atoms with van der Waals surface area (Å²) in [5, 5.41) is 0. The zero-order chi connectivity index (χ0) is 9.14. The third kappa shape index (κ3) is 1.85. The molecule has 0 radical (unpaired) electrons. The minimum absolute atomic E-state index is 0.0834. The van der Waals surface area contributed by atoms with Gasteiger partial charge in [-0.05, 0) is 17.7 Å². The molecular formula is C9H10BrNO. The van der Waals surface area contributed by atoms with Crippen molar-refractivity contribution in [2.75, 3.05) is 5.73 Å². The van der Waals surface area contributed by atoms with Gasteiger partial charge in [-0.25, -0.2) is 0 Å². The molecule has 0 aliphatic rings. The summed E-state index contributed by atoms with van der Waals surface area (Å²) >= 11 is 3.35. The second-order valence-electron chi connectivity index (χ2n) is 2.71. The van der Waals surface area contributed by atoms with Gasteiger partial charge in [-0.3, -0.25) is 0 Å². The lowest BCUT2D eigenvalue weighted by molar-refractivity contribution is -0.108. The normalized spacial score (nSPS) is 12.5. The Morgan fingerprint density at radius 2 is 2.25 bits per heavy atom. The number of benzene rings is 1. The van der Waals surface area contributed by atoms with Crippen LogP contribution in [0.3, 0.4) is 0 Å². The first-order chi connectivity index (χ1) is 5.65. The van der Waals surface area contributed by atoms with Crippen molar-refractivity contribution in [2.24, 2.45) is 0 Å². The summed E-state index contributed by atoms with van der Waals surface area (Å²) in [6, 6.07) is 5.45. The van der Waals surface area contributed by atoms with E-state index in [4.69, 9.17) is 5.73 Å². The van der Waals surface area contributed by atoms with Crippen LogP contribution in [-0.2, 0) is 4.79 Å². The highest BCUT2D eigenvalue weighted by atomic mass is 79.9. The quantitative estimate of drug-likeness (QED) is 0.623. The van der Waals surface area contributed by atoms with Crippen LogP contribution in [0.4, 0.5) is 5.69 Å². The molecule has 1 unspecified atom stereocenters. The fraction of sp³-hybridized carbons (Fsp3) is 0.222. The topological polar surface area (TPSA) is 43.1 Å². The molecule has 0 aromatic heterocycles. The summed E-state index contributed by atoms with van der Waals surface area (Å²) in [7, 11) is 0. The SMILES string of the molecule is CC(C=O)c1ccc(N)cc1Br. The molecule has 64 valence electrons. The third-order valence-corrected chi connectivity index (χ3v) is 2.41. The largest absolute Gasteiger partial charge is 0.399 e. The molecule has 1 atom stereocenters. The number of hydrogen-bond donors (Lipinski definition) is 1. The lowest BCUT2D eigenvalue weighted by atomic mass is 10.0. The molecule has 2 nitrogen and oxygen atoms in total. The van der Waals surface area contributed by atoms with Crippen LogP contribution in [0, 0.1) is 0 Å². The maximum Gasteiger partial charge on any atom is 0.127 e. The standard InChI is InChI=1S/C9H10BrNO/c1-6(5-12)8-3-2-7(11)4-9(8)10/h2-6H,11H2,1H3. The highest BCUT2D eigenvalue weighted by molar-refractivity contribution is 9.10. The smallest absolute Gasteiger partial charge is 0.127 e. The van der Waals surface area contributed by atoms with E-state index in [1.165, 1.54) is 0 Å². The zero-order valence-electron chi connectivity index (χ0n) is 6.75. The number of nitrogens with two attached hydrogens (primary N) is 1. The Bertz CT molecular complexity index is 299. The molecule has 1 aromatic rings. The van der Waals surface area contributed by atoms with Gasteiger partial charge in [0.15, 0.2) is 0 Å². The molecule has 1 rings (SSSR count). The molecule has 0 amide bonds. The number of carbonyl (C=O) groups is 1. The van der Waals surface area contributed by atoms with Crippen molar-refractivity contribution in [1.82, 2.24) is 0 Å². The van der Waals surface area contributed by atoms with E-state index in [1.807, 2.05) is 13.0 Å². The Hall–Kier alpha value is -0.830. The number of nitrogen functional groups attached to an aromatic ring is 1. The molecular weight excluding hydrogens is 218 g/mol. The minimum atomic E-state index is -0.0834. The van der Waals surface area contributed by atoms with Gasteiger partial charge in [-0.15, -0.1) is 0 Å². The summed E-state index contributed by atoms with van der Waals surface area (Å²) in [5.41, 5.74) is 7.22. The molecule has 0 fully saturated rings. The summed E-state index contributed by atoms with van der Waals surface area (Å²) in [6.45, 7) is 1.85. The van der Waals surface area contributed by atoms with Gasteiger partial charge < -0.3 is 10.5 Å². The average Bonchev–Trinajstić information content (AvgIpc) is 2.03. The van der Waals surface area contributed by atoms with Crippen LogP contribution in [0.1, 0.15) is 18.4 Å². The molecule has 0 aliphatic carbocycles. The molecule has 0 saturated carbocycles. The fourth-order valence-electron chi connectivity index (χ4n) is 0.986. The van der Waals surface area contributed by atoms with Crippen molar-refractivity contribution >= 4 is 27.9 Å². The van der Waals surface area contributed by atoms with Gasteiger partial charge in [0, 0.05) is 16.1 Å². The van der Waals surface area contributed by atoms with Gasteiger partial charge in [-0.2, -0.15) is 0 Å². The van der Waals surface area contributed by atoms with E-state index >= 15 is 0 Å². The summed E-state index contributed by atoms with van der Waals surface area (Å²) in [4.78, 5) is 10.5. The van der Waals surface area contributed by atoms with Crippen molar-refractivity contribution in [2.45, 2.75) is 12.8 Å². The Morgan fingerprint density at radius 3 is 2.75 bits per heavy atom. The molecule has 0 spiro atoms. The first-order valence-corrected chi connectivity index (χ1v) is 4.44. The number of carbonyl (C=O) groups excluding carboxylic acids is 1. The molecule has 2 N–H and O–H groups in total. The monoisotopic (exact) mass is 227 g/mol. The van der Waals surface area contributed by atoms with Crippen LogP contribution in [0.25, 0.3) is 0 Å². The first kappa shape index (κ1) is 9.26. The van der Waals surface area contributed by atoms with E-state index in [1.54, 1.807) is 12.1 Å². The van der Waals surface area contributed by atoms with E-state index in [9.17, 15) is 4.79 Å². The van der Waals surface area contributed by atoms with Crippen LogP contribution >= 0.6 is 15.9 Å². The van der Waals surface area contributed by atoms with Gasteiger partial charge in [0.25, 0.3) is 0 Å². The molecule has 12 heavy (non-hydrogen) atoms. The van der Waals surface area contributed by atoms with Crippen molar-refractivity contribution in [3.63, 3.8) is 0 Å². The Kier molecular flexibility index (Phi) is 2.87. The number of rotatable bonds is 2. The van der Waals surface area contributed by atoms with E-state index < -0.39 is 0 Å². The van der Waals surface area contributed by atoms with Gasteiger partial charge >= 0.3 is 0 Å². The van der Waals surface area contributed by atoms with Gasteiger partial charge in [-0.1, -0.05) is 28.9 Å². The van der Waals surface area contributed by atoms with Crippen LogP contribution in [-0.4, -0.2) is 6.29 Å². The third-order valence-electron chi connectivity index (χ3n) is 1.72. The lowest BCUT2D eigenvalue weighted by Crippen LogP contribution is -1.96. The van der Waals surface area contributed by atoms with Gasteiger partial charge in [0.05, 0.1) is 0 Å². The predicted molar refractivity (Wildman–Crippen MR) is 53.0 cm³/mol. The Morgan fingerprint density at radius 1 is 1.58 bits per heavy atom. The fourth-order valence-corrected chi connectivity index (χ4v) is 1.74. The summed E-state index contributed by atoms with van der Waals surface area (Å²) < 4.78 is 0.891. The highest BCUT2D eigenvalue weighted by Gasteiger charge is 2.07. The Balaban J connectivity index is 3.09. The number of hydrogen-bond acceptors (Lipinski definition) is 2. The molecule has 3 heteroatoms. The molecule has 0 aliphatic heterocycles. The predicted octanol–water partition coefficient (Wildman–Crippen LogP) is 2.33. The van der Waals surface area contributed by atoms with E-state index in [2.05, 4.69) is 15.9 Å². The van der Waals surface area contributed by atoms with Crippen molar-refractivity contribution < 1.29 is 4.79 Å². The maximum absolute atomic E-state index is 10.5. The number of anilines is 1. The van der Waals surface area contributed by atoms with Gasteiger partial charge in [0.2, 0.25) is 0 Å². The Labute approximate surface area is 79.9 Å². The van der Waals surface area contributed by atoms with E-state index in [0.29, 0.717) is 5.69 Å². The number of halogens is 1. The molecule has 0 saturated heterocycles. The zero-order valence-corrected chi connectivity index (χ0v) is 8.34. The lowest BCUT2D eigenvalue weighted by Gasteiger charge is -2.06. The summed E-state index contributed by atoms with van der Waals surface area (Å²) in [6.07, 6.45) is 0.913. The summed E-state index contributed by atoms with van der Waals surface area (Å²) in [5.74, 6) is -0.0834. The van der Waals surface area contributed by atoms with Crippen LogP contribution in [0.15, 0.2) is 22.7 Å². The highest BCUT2D eigenvalue weighted by Crippen LogP contribution is 2.25. The van der Waals surface area contributed by atoms with Crippen LogP contribution < -0.4 is 5.73 Å². The minimum Gasteiger partial charge on any atom is -0.399 e.